The number of nitrogens with zero attached hydrogens (tertiary/aromatic N) is 2. The lowest BCUT2D eigenvalue weighted by Gasteiger charge is -2.21. The Morgan fingerprint density at radius 1 is 1.53 bits per heavy atom. The quantitative estimate of drug-likeness (QED) is 0.323. The van der Waals surface area contributed by atoms with E-state index in [0.717, 1.165) is 18.2 Å². The molecular weight excluding hydrogens is 253 g/mol. The van der Waals surface area contributed by atoms with E-state index in [1.54, 1.807) is 6.92 Å². The van der Waals surface area contributed by atoms with Gasteiger partial charge in [0.05, 0.1) is 5.56 Å². The molecule has 0 aliphatic rings. The van der Waals surface area contributed by atoms with E-state index in [1.807, 2.05) is 0 Å². The maximum Gasteiger partial charge on any atom is 0.257 e. The monoisotopic (exact) mass is 269 g/mol. The smallest absolute Gasteiger partial charge is 0.257 e. The minimum absolute atomic E-state index is 0.00489. The summed E-state index contributed by atoms with van der Waals surface area (Å²) in [7, 11) is 0. The summed E-state index contributed by atoms with van der Waals surface area (Å²) in [6.07, 6.45) is 0.187. The van der Waals surface area contributed by atoms with Crippen molar-refractivity contribution in [2.45, 2.75) is 13.3 Å². The average molecular weight is 269 g/mol. The van der Waals surface area contributed by atoms with E-state index >= 15 is 0 Å². The molecule has 0 saturated carbocycles. The minimum atomic E-state index is -0.603. The van der Waals surface area contributed by atoms with Gasteiger partial charge in [-0.2, -0.15) is 0 Å². The Morgan fingerprint density at radius 3 is 2.79 bits per heavy atom. The molecule has 1 amide bonds. The Kier molecular flexibility index (Phi) is 5.11. The number of halogens is 1. The first-order valence-corrected chi connectivity index (χ1v) is 5.73. The average Bonchev–Trinajstić information content (AvgIpc) is 2.41. The molecule has 19 heavy (non-hydrogen) atoms. The number of amidine groups is 1. The zero-order valence-corrected chi connectivity index (χ0v) is 10.5. The first kappa shape index (κ1) is 14.7. The molecular formula is C12H16FN3O3. The lowest BCUT2D eigenvalue weighted by atomic mass is 10.1. The fourth-order valence-electron chi connectivity index (χ4n) is 1.55. The van der Waals surface area contributed by atoms with E-state index in [4.69, 9.17) is 10.9 Å². The minimum Gasteiger partial charge on any atom is -0.507 e. The van der Waals surface area contributed by atoms with Gasteiger partial charge in [-0.1, -0.05) is 5.16 Å². The molecule has 0 aromatic heterocycles. The van der Waals surface area contributed by atoms with Crippen molar-refractivity contribution in [1.29, 1.82) is 0 Å². The van der Waals surface area contributed by atoms with E-state index in [9.17, 15) is 14.3 Å². The van der Waals surface area contributed by atoms with Crippen molar-refractivity contribution in [2.75, 3.05) is 13.1 Å². The van der Waals surface area contributed by atoms with Gasteiger partial charge < -0.3 is 20.9 Å². The molecule has 0 aliphatic heterocycles. The maximum atomic E-state index is 13.1. The van der Waals surface area contributed by atoms with Crippen LogP contribution in [0.3, 0.4) is 0 Å². The van der Waals surface area contributed by atoms with Crippen LogP contribution in [0, 0.1) is 5.82 Å². The van der Waals surface area contributed by atoms with E-state index in [2.05, 4.69) is 5.16 Å². The molecule has 0 spiro atoms. The number of carbonyl (C=O) groups is 1. The number of hydrogen-bond acceptors (Lipinski definition) is 4. The summed E-state index contributed by atoms with van der Waals surface area (Å²) >= 11 is 0. The van der Waals surface area contributed by atoms with Gasteiger partial charge in [-0.25, -0.2) is 4.39 Å². The molecule has 0 heterocycles. The predicted octanol–water partition coefficient (Wildman–Crippen LogP) is 1.13. The molecule has 0 bridgehead atoms. The van der Waals surface area contributed by atoms with Gasteiger partial charge in [0.1, 0.15) is 17.4 Å². The molecule has 7 heteroatoms. The molecule has 1 aromatic rings. The second-order valence-electron chi connectivity index (χ2n) is 3.89. The maximum absolute atomic E-state index is 13.1. The van der Waals surface area contributed by atoms with Gasteiger partial charge in [0.25, 0.3) is 5.91 Å². The normalized spacial score (nSPS) is 11.4. The van der Waals surface area contributed by atoms with E-state index in [1.165, 1.54) is 4.90 Å². The number of hydrogen-bond donors (Lipinski definition) is 3. The highest BCUT2D eigenvalue weighted by Crippen LogP contribution is 2.19. The van der Waals surface area contributed by atoms with Crippen molar-refractivity contribution in [2.24, 2.45) is 10.9 Å². The van der Waals surface area contributed by atoms with E-state index in [-0.39, 0.29) is 30.1 Å². The molecule has 1 aromatic carbocycles. The van der Waals surface area contributed by atoms with Gasteiger partial charge in [-0.05, 0) is 25.1 Å². The first-order chi connectivity index (χ1) is 8.99. The van der Waals surface area contributed by atoms with Crippen LogP contribution in [0.2, 0.25) is 0 Å². The van der Waals surface area contributed by atoms with Crippen LogP contribution in [0.5, 0.6) is 5.75 Å². The van der Waals surface area contributed by atoms with Gasteiger partial charge in [0.2, 0.25) is 0 Å². The summed E-state index contributed by atoms with van der Waals surface area (Å²) < 4.78 is 13.1. The number of nitrogens with two attached hydrogens (primary N) is 1. The summed E-state index contributed by atoms with van der Waals surface area (Å²) in [6.45, 7) is 2.30. The number of phenolic OH excluding ortho intramolecular Hbond substituents is 1. The third-order valence-electron chi connectivity index (χ3n) is 2.62. The van der Waals surface area contributed by atoms with Crippen LogP contribution in [0.4, 0.5) is 4.39 Å². The van der Waals surface area contributed by atoms with Crippen molar-refractivity contribution in [3.05, 3.63) is 29.6 Å². The Balaban J connectivity index is 2.86. The van der Waals surface area contributed by atoms with E-state index in [0.29, 0.717) is 6.54 Å². The predicted molar refractivity (Wildman–Crippen MR) is 67.7 cm³/mol. The highest BCUT2D eigenvalue weighted by atomic mass is 19.1. The molecule has 104 valence electrons. The molecule has 0 unspecified atom stereocenters. The standard InChI is InChI=1S/C12H16FN3O3/c1-2-16(6-5-11(14)15-19)12(18)9-7-8(13)3-4-10(9)17/h3-4,7,17,19H,2,5-6H2,1H3,(H2,14,15). The zero-order valence-electron chi connectivity index (χ0n) is 10.5. The van der Waals surface area contributed by atoms with Crippen LogP contribution < -0.4 is 5.73 Å². The lowest BCUT2D eigenvalue weighted by molar-refractivity contribution is 0.0765. The van der Waals surface area contributed by atoms with Crippen LogP contribution in [0.1, 0.15) is 23.7 Å². The van der Waals surface area contributed by atoms with Crippen LogP contribution >= 0.6 is 0 Å². The van der Waals surface area contributed by atoms with Gasteiger partial charge in [0.15, 0.2) is 0 Å². The Hall–Kier alpha value is -2.31. The fraction of sp³-hybridized carbons (Fsp3) is 0.333. The molecule has 0 fully saturated rings. The zero-order chi connectivity index (χ0) is 14.4. The second kappa shape index (κ2) is 6.58. The summed E-state index contributed by atoms with van der Waals surface area (Å²) in [4.78, 5) is 13.5. The van der Waals surface area contributed by atoms with Crippen LogP contribution in [-0.4, -0.2) is 40.0 Å². The molecule has 0 saturated heterocycles. The largest absolute Gasteiger partial charge is 0.507 e. The number of phenols is 1. The molecule has 0 atom stereocenters. The number of rotatable bonds is 5. The first-order valence-electron chi connectivity index (χ1n) is 5.73. The highest BCUT2D eigenvalue weighted by Gasteiger charge is 2.18. The number of amides is 1. The molecule has 0 aliphatic carbocycles. The number of aromatic hydroxyl groups is 1. The molecule has 6 nitrogen and oxygen atoms in total. The molecule has 0 radical (unpaired) electrons. The highest BCUT2D eigenvalue weighted by molar-refractivity contribution is 5.97. The summed E-state index contributed by atoms with van der Waals surface area (Å²) in [6, 6.07) is 3.17. The van der Waals surface area contributed by atoms with Gasteiger partial charge in [0, 0.05) is 19.5 Å². The summed E-state index contributed by atoms with van der Waals surface area (Å²) in [5.74, 6) is -1.40. The van der Waals surface area contributed by atoms with Crippen molar-refractivity contribution >= 4 is 11.7 Å². The molecule has 4 N–H and O–H groups in total. The third kappa shape index (κ3) is 3.84. The van der Waals surface area contributed by atoms with Crippen molar-refractivity contribution in [1.82, 2.24) is 4.90 Å². The summed E-state index contributed by atoms with van der Waals surface area (Å²) in [5.41, 5.74) is 5.21. The summed E-state index contributed by atoms with van der Waals surface area (Å²) in [5, 5.41) is 20.8. The van der Waals surface area contributed by atoms with Crippen LogP contribution in [0.15, 0.2) is 23.4 Å². The number of carbonyl (C=O) groups excluding carboxylic acids is 1. The van der Waals surface area contributed by atoms with Gasteiger partial charge >= 0.3 is 0 Å². The fourth-order valence-corrected chi connectivity index (χ4v) is 1.55. The number of oxime groups is 1. The van der Waals surface area contributed by atoms with Crippen molar-refractivity contribution in [3.63, 3.8) is 0 Å². The van der Waals surface area contributed by atoms with Crippen molar-refractivity contribution < 1.29 is 19.5 Å². The lowest BCUT2D eigenvalue weighted by Crippen LogP contribution is -2.34. The van der Waals surface area contributed by atoms with Crippen LogP contribution in [-0.2, 0) is 0 Å². The van der Waals surface area contributed by atoms with Crippen molar-refractivity contribution in [3.8, 4) is 5.75 Å². The third-order valence-corrected chi connectivity index (χ3v) is 2.62. The van der Waals surface area contributed by atoms with Gasteiger partial charge in [-0.15, -0.1) is 0 Å². The topological polar surface area (TPSA) is 99.1 Å². The van der Waals surface area contributed by atoms with Gasteiger partial charge in [-0.3, -0.25) is 4.79 Å². The second-order valence-corrected chi connectivity index (χ2v) is 3.89. The number of benzene rings is 1. The SMILES string of the molecule is CCN(CC/C(N)=N/O)C(=O)c1cc(F)ccc1O. The Morgan fingerprint density at radius 2 is 2.21 bits per heavy atom. The molecule has 1 rings (SSSR count). The Labute approximate surface area is 109 Å². The van der Waals surface area contributed by atoms with Crippen LogP contribution in [0.25, 0.3) is 0 Å². The Bertz CT molecular complexity index is 491. The van der Waals surface area contributed by atoms with E-state index < -0.39 is 11.7 Å².